The maximum atomic E-state index is 12.2. The van der Waals surface area contributed by atoms with E-state index in [4.69, 9.17) is 0 Å². The van der Waals surface area contributed by atoms with E-state index in [9.17, 15) is 8.42 Å². The van der Waals surface area contributed by atoms with Crippen molar-refractivity contribution in [1.29, 1.82) is 0 Å². The third-order valence-electron chi connectivity index (χ3n) is 4.48. The first-order valence-electron chi connectivity index (χ1n) is 9.40. The van der Waals surface area contributed by atoms with Crippen LogP contribution in [0.15, 0.2) is 64.1 Å². The molecule has 0 bridgehead atoms. The molecule has 0 saturated carbocycles. The average molecular weight is 575 g/mol. The van der Waals surface area contributed by atoms with Gasteiger partial charge in [-0.25, -0.2) is 12.7 Å². The van der Waals surface area contributed by atoms with E-state index in [0.29, 0.717) is 29.8 Å². The van der Waals surface area contributed by atoms with Gasteiger partial charge in [-0.1, -0.05) is 24.3 Å². The second-order valence-corrected chi connectivity index (χ2v) is 10.3. The smallest absolute Gasteiger partial charge is 0.252 e. The van der Waals surface area contributed by atoms with Crippen molar-refractivity contribution in [3.05, 3.63) is 70.9 Å². The Bertz CT molecular complexity index is 1090. The van der Waals surface area contributed by atoms with Crippen molar-refractivity contribution in [2.45, 2.75) is 23.8 Å². The second-order valence-electron chi connectivity index (χ2n) is 6.76. The van der Waals surface area contributed by atoms with Crippen LogP contribution >= 0.6 is 35.3 Å². The molecule has 0 fully saturated rings. The summed E-state index contributed by atoms with van der Waals surface area (Å²) >= 11 is 1.26. The van der Waals surface area contributed by atoms with Gasteiger partial charge in [-0.2, -0.15) is 5.10 Å². The SMILES string of the molecule is CN=C(NCc1ccc(S(=O)(=O)N(C)C)s1)NCc1ccccc1Cn1cccn1.I. The topological polar surface area (TPSA) is 91.6 Å². The van der Waals surface area contributed by atoms with Crippen LogP contribution < -0.4 is 10.6 Å². The maximum Gasteiger partial charge on any atom is 0.252 e. The normalized spacial score (nSPS) is 11.9. The predicted molar refractivity (Wildman–Crippen MR) is 135 cm³/mol. The van der Waals surface area contributed by atoms with E-state index in [1.807, 2.05) is 35.1 Å². The van der Waals surface area contributed by atoms with Crippen molar-refractivity contribution in [1.82, 2.24) is 24.7 Å². The van der Waals surface area contributed by atoms with Crippen molar-refractivity contribution in [2.24, 2.45) is 4.99 Å². The van der Waals surface area contributed by atoms with E-state index in [1.54, 1.807) is 19.3 Å². The number of thiophene rings is 1. The van der Waals surface area contributed by atoms with Gasteiger partial charge in [0.05, 0.1) is 13.1 Å². The Morgan fingerprint density at radius 2 is 1.81 bits per heavy atom. The molecule has 0 atom stereocenters. The number of hydrogen-bond acceptors (Lipinski definition) is 5. The summed E-state index contributed by atoms with van der Waals surface area (Å²) in [4.78, 5) is 5.18. The highest BCUT2D eigenvalue weighted by atomic mass is 127. The van der Waals surface area contributed by atoms with Gasteiger partial charge in [-0.05, 0) is 29.3 Å². The number of benzene rings is 1. The molecule has 0 aliphatic heterocycles. The number of halogens is 1. The second kappa shape index (κ2) is 11.6. The highest BCUT2D eigenvalue weighted by Crippen LogP contribution is 2.23. The summed E-state index contributed by atoms with van der Waals surface area (Å²) in [6.45, 7) is 1.80. The van der Waals surface area contributed by atoms with Gasteiger partial charge in [0, 0.05) is 45.0 Å². The number of sulfonamides is 1. The molecule has 0 unspecified atom stereocenters. The minimum atomic E-state index is -3.40. The molecule has 0 amide bonds. The summed E-state index contributed by atoms with van der Waals surface area (Å²) in [5.74, 6) is 0.648. The lowest BCUT2D eigenvalue weighted by molar-refractivity contribution is 0.523. The third-order valence-corrected chi connectivity index (χ3v) is 7.85. The van der Waals surface area contributed by atoms with Crippen LogP contribution in [0.5, 0.6) is 0 Å². The number of hydrogen-bond donors (Lipinski definition) is 2. The molecule has 31 heavy (non-hydrogen) atoms. The number of aromatic nitrogens is 2. The molecular weight excluding hydrogens is 547 g/mol. The summed E-state index contributed by atoms with van der Waals surface area (Å²) in [6, 6.07) is 13.6. The molecule has 3 rings (SSSR count). The monoisotopic (exact) mass is 574 g/mol. The van der Waals surface area contributed by atoms with E-state index in [-0.39, 0.29) is 24.0 Å². The summed E-state index contributed by atoms with van der Waals surface area (Å²) < 4.78 is 27.9. The Morgan fingerprint density at radius 1 is 1.10 bits per heavy atom. The van der Waals surface area contributed by atoms with Crippen LogP contribution in [-0.4, -0.2) is 49.6 Å². The van der Waals surface area contributed by atoms with E-state index in [1.165, 1.54) is 35.3 Å². The van der Waals surface area contributed by atoms with Crippen molar-refractivity contribution in [2.75, 3.05) is 21.1 Å². The molecule has 2 heterocycles. The predicted octanol–water partition coefficient (Wildman–Crippen LogP) is 2.73. The Labute approximate surface area is 204 Å². The Kier molecular flexibility index (Phi) is 9.47. The zero-order chi connectivity index (χ0) is 21.6. The first kappa shape index (κ1) is 25.3. The number of guanidine groups is 1. The van der Waals surface area contributed by atoms with E-state index >= 15 is 0 Å². The van der Waals surface area contributed by atoms with Gasteiger partial charge in [-0.3, -0.25) is 9.67 Å². The minimum absolute atomic E-state index is 0. The van der Waals surface area contributed by atoms with Crippen LogP contribution in [0.25, 0.3) is 0 Å². The number of aliphatic imine (C=N–C) groups is 1. The van der Waals surface area contributed by atoms with Crippen molar-refractivity contribution >= 4 is 51.3 Å². The van der Waals surface area contributed by atoms with E-state index < -0.39 is 10.0 Å². The molecule has 3 aromatic rings. The quantitative estimate of drug-likeness (QED) is 0.245. The van der Waals surface area contributed by atoms with E-state index in [2.05, 4.69) is 32.9 Å². The summed E-state index contributed by atoms with van der Waals surface area (Å²) in [6.07, 6.45) is 3.71. The zero-order valence-corrected chi connectivity index (χ0v) is 21.6. The van der Waals surface area contributed by atoms with Crippen LogP contribution in [0.1, 0.15) is 16.0 Å². The molecule has 0 aliphatic carbocycles. The number of nitrogens with zero attached hydrogens (tertiary/aromatic N) is 4. The van der Waals surface area contributed by atoms with Crippen molar-refractivity contribution in [3.8, 4) is 0 Å². The largest absolute Gasteiger partial charge is 0.352 e. The number of rotatable bonds is 8. The van der Waals surface area contributed by atoms with Crippen LogP contribution in [0.2, 0.25) is 0 Å². The molecule has 1 aromatic carbocycles. The van der Waals surface area contributed by atoms with Gasteiger partial charge in [0.1, 0.15) is 4.21 Å². The van der Waals surface area contributed by atoms with Gasteiger partial charge in [0.2, 0.25) is 0 Å². The fourth-order valence-electron chi connectivity index (χ4n) is 2.79. The average Bonchev–Trinajstić information content (AvgIpc) is 3.41. The molecule has 2 aromatic heterocycles. The van der Waals surface area contributed by atoms with Crippen LogP contribution in [0, 0.1) is 0 Å². The van der Waals surface area contributed by atoms with Gasteiger partial charge < -0.3 is 10.6 Å². The Hall–Kier alpha value is -1.96. The lowest BCUT2D eigenvalue weighted by Gasteiger charge is -2.14. The van der Waals surface area contributed by atoms with Gasteiger partial charge in [0.25, 0.3) is 10.0 Å². The summed E-state index contributed by atoms with van der Waals surface area (Å²) in [7, 11) is 1.37. The lowest BCUT2D eigenvalue weighted by atomic mass is 10.1. The Morgan fingerprint density at radius 3 is 2.45 bits per heavy atom. The van der Waals surface area contributed by atoms with Gasteiger partial charge in [0.15, 0.2) is 5.96 Å². The number of nitrogens with one attached hydrogen (secondary N) is 2. The Balaban J connectivity index is 0.00000341. The zero-order valence-electron chi connectivity index (χ0n) is 17.6. The molecule has 8 nitrogen and oxygen atoms in total. The van der Waals surface area contributed by atoms with Crippen LogP contribution in [0.4, 0.5) is 0 Å². The highest BCUT2D eigenvalue weighted by Gasteiger charge is 2.19. The maximum absolute atomic E-state index is 12.2. The molecular formula is C20H27IN6O2S2. The highest BCUT2D eigenvalue weighted by molar-refractivity contribution is 14.0. The molecule has 0 saturated heterocycles. The van der Waals surface area contributed by atoms with Gasteiger partial charge >= 0.3 is 0 Å². The van der Waals surface area contributed by atoms with Crippen molar-refractivity contribution in [3.63, 3.8) is 0 Å². The molecule has 0 radical (unpaired) electrons. The minimum Gasteiger partial charge on any atom is -0.352 e. The fourth-order valence-corrected chi connectivity index (χ4v) is 5.26. The third kappa shape index (κ3) is 6.76. The van der Waals surface area contributed by atoms with Crippen LogP contribution in [-0.2, 0) is 29.7 Å². The van der Waals surface area contributed by atoms with Gasteiger partial charge in [-0.15, -0.1) is 35.3 Å². The first-order valence-corrected chi connectivity index (χ1v) is 11.7. The lowest BCUT2D eigenvalue weighted by Crippen LogP contribution is -2.36. The summed E-state index contributed by atoms with van der Waals surface area (Å²) in [5, 5.41) is 10.8. The first-order chi connectivity index (χ1) is 14.4. The van der Waals surface area contributed by atoms with E-state index in [0.717, 1.165) is 10.4 Å². The van der Waals surface area contributed by atoms with Crippen molar-refractivity contribution < 1.29 is 8.42 Å². The molecule has 168 valence electrons. The molecule has 11 heteroatoms. The molecule has 0 aliphatic rings. The summed E-state index contributed by atoms with van der Waals surface area (Å²) in [5.41, 5.74) is 2.34. The van der Waals surface area contributed by atoms with Crippen LogP contribution in [0.3, 0.4) is 0 Å². The molecule has 0 spiro atoms. The molecule has 2 N–H and O–H groups in total. The standard InChI is InChI=1S/C20H26N6O2S2.HI/c1-21-20(23-14-18-9-10-19(29-18)30(27,28)25(2)3)22-13-16-7-4-5-8-17(16)15-26-12-6-11-24-26;/h4-12H,13-15H2,1-3H3,(H2,21,22,23);1H. The fraction of sp³-hybridized carbons (Fsp3) is 0.300.